The molecule has 1 atom stereocenters. The van der Waals surface area contributed by atoms with E-state index in [9.17, 15) is 4.79 Å². The van der Waals surface area contributed by atoms with Gasteiger partial charge in [-0.1, -0.05) is 6.92 Å². The van der Waals surface area contributed by atoms with Gasteiger partial charge in [-0.05, 0) is 45.1 Å². The number of hydrogen-bond acceptors (Lipinski definition) is 6. The van der Waals surface area contributed by atoms with Gasteiger partial charge in [-0.25, -0.2) is 9.97 Å². The molecule has 1 fully saturated rings. The number of ether oxygens (including phenoxy) is 1. The van der Waals surface area contributed by atoms with Gasteiger partial charge >= 0.3 is 0 Å². The number of aromatic nitrogens is 4. The highest BCUT2D eigenvalue weighted by atomic mass is 32.1. The van der Waals surface area contributed by atoms with E-state index in [0.717, 1.165) is 47.6 Å². The lowest BCUT2D eigenvalue weighted by Crippen LogP contribution is -2.39. The van der Waals surface area contributed by atoms with E-state index in [2.05, 4.69) is 25.9 Å². The van der Waals surface area contributed by atoms with Crippen LogP contribution in [0.5, 0.6) is 0 Å². The lowest BCUT2D eigenvalue weighted by atomic mass is 9.94. The topological polar surface area (TPSA) is 72.6 Å². The minimum absolute atomic E-state index is 0.0736. The van der Waals surface area contributed by atoms with Crippen LogP contribution in [0.25, 0.3) is 15.9 Å². The van der Waals surface area contributed by atoms with E-state index in [1.54, 1.807) is 15.9 Å². The molecule has 8 heteroatoms. The highest BCUT2D eigenvalue weighted by Crippen LogP contribution is 2.39. The van der Waals surface area contributed by atoms with Crippen LogP contribution in [0, 0.1) is 12.8 Å². The van der Waals surface area contributed by atoms with E-state index in [1.165, 1.54) is 16.9 Å². The van der Waals surface area contributed by atoms with Gasteiger partial charge in [0.25, 0.3) is 5.91 Å². The van der Waals surface area contributed by atoms with Crippen molar-refractivity contribution < 1.29 is 9.53 Å². The largest absolute Gasteiger partial charge is 0.370 e. The van der Waals surface area contributed by atoms with Crippen molar-refractivity contribution in [2.45, 2.75) is 59.2 Å². The Morgan fingerprint density at radius 3 is 2.93 bits per heavy atom. The maximum atomic E-state index is 13.0. The summed E-state index contributed by atoms with van der Waals surface area (Å²) in [5, 5.41) is 5.58. The molecule has 0 spiro atoms. The van der Waals surface area contributed by atoms with Crippen molar-refractivity contribution in [3.05, 3.63) is 22.1 Å². The molecular weight excluding hydrogens is 374 g/mol. The molecule has 3 aromatic rings. The molecule has 0 bridgehead atoms. The number of aryl methyl sites for hydroxylation is 1. The van der Waals surface area contributed by atoms with Crippen LogP contribution < -0.4 is 0 Å². The first-order valence-electron chi connectivity index (χ1n) is 9.93. The molecular formula is C20H25N5O2S. The smallest absolute Gasteiger partial charge is 0.293 e. The molecule has 0 aromatic carbocycles. The summed E-state index contributed by atoms with van der Waals surface area (Å²) < 4.78 is 7.71. The van der Waals surface area contributed by atoms with Crippen LogP contribution in [0.2, 0.25) is 0 Å². The number of rotatable bonds is 1. The summed E-state index contributed by atoms with van der Waals surface area (Å²) in [6.45, 7) is 10.5. The molecule has 3 aromatic heterocycles. The van der Waals surface area contributed by atoms with Crippen LogP contribution in [-0.2, 0) is 17.8 Å². The number of carbonyl (C=O) groups is 1. The fraction of sp³-hybridized carbons (Fsp3) is 0.600. The molecule has 1 amide bonds. The number of carbonyl (C=O) groups excluding carboxylic acids is 1. The molecule has 28 heavy (non-hydrogen) atoms. The van der Waals surface area contributed by atoms with E-state index in [-0.39, 0.29) is 17.3 Å². The Balaban J connectivity index is 1.64. The lowest BCUT2D eigenvalue weighted by molar-refractivity contribution is -0.0379. The Morgan fingerprint density at radius 2 is 2.14 bits per heavy atom. The maximum Gasteiger partial charge on any atom is 0.293 e. The summed E-state index contributed by atoms with van der Waals surface area (Å²) in [6.07, 6.45) is 3.02. The molecule has 5 heterocycles. The molecule has 1 unspecified atom stereocenters. The zero-order valence-corrected chi connectivity index (χ0v) is 17.6. The average molecular weight is 400 g/mol. The van der Waals surface area contributed by atoms with Gasteiger partial charge < -0.3 is 9.64 Å². The minimum Gasteiger partial charge on any atom is -0.370 e. The van der Waals surface area contributed by atoms with Gasteiger partial charge in [0.2, 0.25) is 5.82 Å². The summed E-state index contributed by atoms with van der Waals surface area (Å²) >= 11 is 1.66. The number of fused-ring (bicyclic) bond motifs is 5. The van der Waals surface area contributed by atoms with Crippen molar-refractivity contribution in [3.8, 4) is 0 Å². The number of piperidine rings is 1. The predicted octanol–water partition coefficient (Wildman–Crippen LogP) is 3.37. The molecule has 0 aliphatic carbocycles. The Labute approximate surface area is 167 Å². The zero-order chi connectivity index (χ0) is 19.6. The molecule has 5 rings (SSSR count). The van der Waals surface area contributed by atoms with Crippen molar-refractivity contribution in [3.63, 3.8) is 0 Å². The highest BCUT2D eigenvalue weighted by molar-refractivity contribution is 7.19. The zero-order valence-electron chi connectivity index (χ0n) is 16.8. The van der Waals surface area contributed by atoms with Gasteiger partial charge in [-0.15, -0.1) is 16.4 Å². The van der Waals surface area contributed by atoms with Crippen molar-refractivity contribution in [1.29, 1.82) is 0 Å². The Hall–Kier alpha value is -2.06. The fourth-order valence-corrected chi connectivity index (χ4v) is 5.49. The number of thiophene rings is 1. The van der Waals surface area contributed by atoms with E-state index >= 15 is 0 Å². The standard InChI is InChI=1S/C20H25N5O2S/c1-11-6-5-7-24(9-11)19(26)16-22-17-15-13-8-20(3,4)27-10-14(13)28-18(15)21-12(2)25(17)23-16/h11H,5-10H2,1-4H3. The lowest BCUT2D eigenvalue weighted by Gasteiger charge is -2.30. The van der Waals surface area contributed by atoms with E-state index in [4.69, 9.17) is 14.7 Å². The van der Waals surface area contributed by atoms with Crippen LogP contribution in [0.1, 0.15) is 60.5 Å². The van der Waals surface area contributed by atoms with Crippen LogP contribution >= 0.6 is 11.3 Å². The second-order valence-electron chi connectivity index (χ2n) is 8.74. The first-order valence-corrected chi connectivity index (χ1v) is 10.7. The molecule has 0 radical (unpaired) electrons. The quantitative estimate of drug-likeness (QED) is 0.627. The predicted molar refractivity (Wildman–Crippen MR) is 108 cm³/mol. The van der Waals surface area contributed by atoms with Gasteiger partial charge in [-0.3, -0.25) is 4.79 Å². The minimum atomic E-state index is -0.217. The van der Waals surface area contributed by atoms with Crippen LogP contribution in [0.3, 0.4) is 0 Å². The Morgan fingerprint density at radius 1 is 1.32 bits per heavy atom. The summed E-state index contributed by atoms with van der Waals surface area (Å²) in [5.74, 6) is 1.48. The van der Waals surface area contributed by atoms with Crippen molar-refractivity contribution in [1.82, 2.24) is 24.5 Å². The monoisotopic (exact) mass is 399 g/mol. The molecule has 2 aliphatic rings. The summed E-state index contributed by atoms with van der Waals surface area (Å²) in [7, 11) is 0. The van der Waals surface area contributed by atoms with E-state index in [1.807, 2.05) is 11.8 Å². The molecule has 1 saturated heterocycles. The summed E-state index contributed by atoms with van der Waals surface area (Å²) in [5.41, 5.74) is 1.77. The van der Waals surface area contributed by atoms with Gasteiger partial charge in [0.1, 0.15) is 10.7 Å². The molecule has 7 nitrogen and oxygen atoms in total. The Bertz CT molecular complexity index is 1100. The summed E-state index contributed by atoms with van der Waals surface area (Å²) in [6, 6.07) is 0. The number of hydrogen-bond donors (Lipinski definition) is 0. The molecule has 0 saturated carbocycles. The second kappa shape index (κ2) is 6.22. The maximum absolute atomic E-state index is 13.0. The average Bonchev–Trinajstić information content (AvgIpc) is 3.22. The van der Waals surface area contributed by atoms with Gasteiger partial charge in [0.05, 0.1) is 17.6 Å². The SMILES string of the molecule is Cc1nc2sc3c(c2c2nc(C(=O)N4CCCC(C)C4)nn12)CC(C)(C)OC3. The second-order valence-corrected chi connectivity index (χ2v) is 9.82. The number of likely N-dealkylation sites (tertiary alicyclic amines) is 1. The molecule has 2 aliphatic heterocycles. The third-order valence-corrected chi connectivity index (χ3v) is 6.90. The van der Waals surface area contributed by atoms with Crippen molar-refractivity contribution in [2.75, 3.05) is 13.1 Å². The van der Waals surface area contributed by atoms with Gasteiger partial charge in [-0.2, -0.15) is 4.52 Å². The normalized spacial score (nSPS) is 22.0. The van der Waals surface area contributed by atoms with Crippen molar-refractivity contribution in [2.24, 2.45) is 5.92 Å². The van der Waals surface area contributed by atoms with Crippen LogP contribution in [0.4, 0.5) is 0 Å². The van der Waals surface area contributed by atoms with Gasteiger partial charge in [0, 0.05) is 24.4 Å². The third-order valence-electron chi connectivity index (χ3n) is 5.80. The number of amides is 1. The first kappa shape index (κ1) is 18.0. The fourth-order valence-electron chi connectivity index (χ4n) is 4.35. The Kier molecular flexibility index (Phi) is 4.00. The van der Waals surface area contributed by atoms with E-state index in [0.29, 0.717) is 12.5 Å². The summed E-state index contributed by atoms with van der Waals surface area (Å²) in [4.78, 5) is 26.6. The number of nitrogens with zero attached hydrogens (tertiary/aromatic N) is 5. The van der Waals surface area contributed by atoms with Crippen LogP contribution in [0.15, 0.2) is 0 Å². The van der Waals surface area contributed by atoms with Crippen LogP contribution in [-0.4, -0.2) is 49.1 Å². The third kappa shape index (κ3) is 2.81. The highest BCUT2D eigenvalue weighted by Gasteiger charge is 2.32. The molecule has 0 N–H and O–H groups in total. The van der Waals surface area contributed by atoms with Gasteiger partial charge in [0.15, 0.2) is 5.65 Å². The molecule has 148 valence electrons. The first-order chi connectivity index (χ1) is 13.3. The van der Waals surface area contributed by atoms with Crippen molar-refractivity contribution >= 4 is 33.1 Å². The van der Waals surface area contributed by atoms with E-state index < -0.39 is 0 Å².